The Morgan fingerprint density at radius 1 is 1.50 bits per heavy atom. The standard InChI is InChI=1S/C15H22BrNO3/c1-15(18)6-8-19-10-12(15)13-3-2-7-17(13)9-11-4-5-14(16)20-11/h4-5,12-13,18H,2-3,6-10H2,1H3/t12-,13-,15+/m1/s1. The Morgan fingerprint density at radius 3 is 3.05 bits per heavy atom. The molecular formula is C15H22BrNO3. The van der Waals surface area contributed by atoms with Crippen LogP contribution < -0.4 is 0 Å². The predicted molar refractivity (Wildman–Crippen MR) is 79.4 cm³/mol. The zero-order valence-electron chi connectivity index (χ0n) is 11.8. The van der Waals surface area contributed by atoms with Crippen molar-refractivity contribution in [1.29, 1.82) is 0 Å². The molecule has 0 aromatic carbocycles. The normalized spacial score (nSPS) is 35.5. The van der Waals surface area contributed by atoms with Crippen molar-refractivity contribution in [3.8, 4) is 0 Å². The van der Waals surface area contributed by atoms with Crippen molar-refractivity contribution in [2.75, 3.05) is 19.8 Å². The maximum atomic E-state index is 10.6. The lowest BCUT2D eigenvalue weighted by molar-refractivity contribution is -0.124. The maximum Gasteiger partial charge on any atom is 0.169 e. The van der Waals surface area contributed by atoms with E-state index < -0.39 is 5.60 Å². The Labute approximate surface area is 128 Å². The summed E-state index contributed by atoms with van der Waals surface area (Å²) in [4.78, 5) is 2.43. The molecule has 1 aromatic rings. The van der Waals surface area contributed by atoms with E-state index in [0.717, 1.165) is 36.4 Å². The Morgan fingerprint density at radius 2 is 2.35 bits per heavy atom. The lowest BCUT2D eigenvalue weighted by atomic mass is 9.79. The van der Waals surface area contributed by atoms with E-state index in [1.165, 1.54) is 6.42 Å². The van der Waals surface area contributed by atoms with Crippen LogP contribution in [0.5, 0.6) is 0 Å². The van der Waals surface area contributed by atoms with Gasteiger partial charge in [0.15, 0.2) is 4.67 Å². The molecule has 3 atom stereocenters. The summed E-state index contributed by atoms with van der Waals surface area (Å²) >= 11 is 3.35. The van der Waals surface area contributed by atoms with Crippen molar-refractivity contribution >= 4 is 15.9 Å². The zero-order valence-corrected chi connectivity index (χ0v) is 13.4. The third kappa shape index (κ3) is 2.96. The van der Waals surface area contributed by atoms with E-state index in [4.69, 9.17) is 9.15 Å². The predicted octanol–water partition coefficient (Wildman–Crippen LogP) is 2.79. The third-order valence-corrected chi connectivity index (χ3v) is 5.14. The topological polar surface area (TPSA) is 45.8 Å². The minimum atomic E-state index is -0.616. The molecule has 2 aliphatic heterocycles. The molecule has 2 fully saturated rings. The molecule has 3 rings (SSSR count). The van der Waals surface area contributed by atoms with Crippen LogP contribution in [0.15, 0.2) is 21.2 Å². The molecule has 20 heavy (non-hydrogen) atoms. The summed E-state index contributed by atoms with van der Waals surface area (Å²) in [5.41, 5.74) is -0.616. The van der Waals surface area contributed by atoms with Gasteiger partial charge in [0.2, 0.25) is 0 Å². The van der Waals surface area contributed by atoms with Gasteiger partial charge in [0.25, 0.3) is 0 Å². The van der Waals surface area contributed by atoms with E-state index in [1.54, 1.807) is 0 Å². The van der Waals surface area contributed by atoms with Gasteiger partial charge in [0.1, 0.15) is 5.76 Å². The number of rotatable bonds is 3. The average molecular weight is 344 g/mol. The Bertz CT molecular complexity index is 460. The quantitative estimate of drug-likeness (QED) is 0.916. The third-order valence-electron chi connectivity index (χ3n) is 4.72. The molecule has 0 saturated carbocycles. The van der Waals surface area contributed by atoms with Crippen LogP contribution in [0.25, 0.3) is 0 Å². The average Bonchev–Trinajstić information content (AvgIpc) is 2.99. The van der Waals surface area contributed by atoms with E-state index >= 15 is 0 Å². The molecule has 1 N–H and O–H groups in total. The van der Waals surface area contributed by atoms with Crippen molar-refractivity contribution in [3.05, 3.63) is 22.6 Å². The van der Waals surface area contributed by atoms with Crippen molar-refractivity contribution in [2.45, 2.75) is 44.4 Å². The first-order valence-corrected chi connectivity index (χ1v) is 8.14. The number of ether oxygens (including phenoxy) is 1. The van der Waals surface area contributed by atoms with Crippen molar-refractivity contribution in [2.24, 2.45) is 5.92 Å². The molecular weight excluding hydrogens is 322 g/mol. The van der Waals surface area contributed by atoms with Crippen LogP contribution in [-0.4, -0.2) is 41.4 Å². The lowest BCUT2D eigenvalue weighted by Crippen LogP contribution is -2.52. The smallest absolute Gasteiger partial charge is 0.169 e. The SMILES string of the molecule is C[C@]1(O)CCOC[C@@H]1[C@H]1CCCN1Cc1ccc(Br)o1. The molecule has 3 heterocycles. The number of hydrogen-bond acceptors (Lipinski definition) is 4. The highest BCUT2D eigenvalue weighted by Gasteiger charge is 2.44. The van der Waals surface area contributed by atoms with Gasteiger partial charge in [-0.15, -0.1) is 0 Å². The number of furan rings is 1. The molecule has 0 unspecified atom stereocenters. The van der Waals surface area contributed by atoms with Gasteiger partial charge >= 0.3 is 0 Å². The van der Waals surface area contributed by atoms with Gasteiger partial charge in [-0.1, -0.05) is 0 Å². The second-order valence-corrected chi connectivity index (χ2v) is 6.96. The Hall–Kier alpha value is -0.360. The fourth-order valence-corrected chi connectivity index (χ4v) is 3.86. The molecule has 0 bridgehead atoms. The first kappa shape index (κ1) is 14.6. The van der Waals surface area contributed by atoms with Crippen LogP contribution in [0.2, 0.25) is 0 Å². The fraction of sp³-hybridized carbons (Fsp3) is 0.733. The van der Waals surface area contributed by atoms with E-state index in [-0.39, 0.29) is 5.92 Å². The number of aliphatic hydroxyl groups is 1. The maximum absolute atomic E-state index is 10.6. The largest absolute Gasteiger partial charge is 0.453 e. The van der Waals surface area contributed by atoms with Crippen molar-refractivity contribution < 1.29 is 14.3 Å². The fourth-order valence-electron chi connectivity index (χ4n) is 3.52. The van der Waals surface area contributed by atoms with Crippen LogP contribution in [-0.2, 0) is 11.3 Å². The van der Waals surface area contributed by atoms with Gasteiger partial charge in [-0.2, -0.15) is 0 Å². The Kier molecular flexibility index (Phi) is 4.22. The molecule has 2 saturated heterocycles. The molecule has 0 spiro atoms. The molecule has 112 valence electrons. The lowest BCUT2D eigenvalue weighted by Gasteiger charge is -2.43. The number of likely N-dealkylation sites (tertiary alicyclic amines) is 1. The van der Waals surface area contributed by atoms with E-state index in [2.05, 4.69) is 20.8 Å². The summed E-state index contributed by atoms with van der Waals surface area (Å²) in [5.74, 6) is 1.16. The summed E-state index contributed by atoms with van der Waals surface area (Å²) in [5, 5.41) is 10.6. The summed E-state index contributed by atoms with van der Waals surface area (Å²) in [6.45, 7) is 5.16. The second-order valence-electron chi connectivity index (χ2n) is 6.17. The second kappa shape index (κ2) is 5.79. The van der Waals surface area contributed by atoms with Crippen LogP contribution >= 0.6 is 15.9 Å². The van der Waals surface area contributed by atoms with Crippen LogP contribution in [0, 0.1) is 5.92 Å². The first-order valence-electron chi connectivity index (χ1n) is 7.35. The van der Waals surface area contributed by atoms with Gasteiger partial charge in [-0.25, -0.2) is 0 Å². The molecule has 0 radical (unpaired) electrons. The summed E-state index contributed by atoms with van der Waals surface area (Å²) in [6, 6.07) is 4.32. The summed E-state index contributed by atoms with van der Waals surface area (Å²) in [7, 11) is 0. The van der Waals surface area contributed by atoms with Gasteiger partial charge in [-0.05, 0) is 60.8 Å². The van der Waals surface area contributed by atoms with Crippen molar-refractivity contribution in [3.63, 3.8) is 0 Å². The highest BCUT2D eigenvalue weighted by Crippen LogP contribution is 2.36. The Balaban J connectivity index is 1.71. The molecule has 4 nitrogen and oxygen atoms in total. The van der Waals surface area contributed by atoms with Crippen LogP contribution in [0.3, 0.4) is 0 Å². The van der Waals surface area contributed by atoms with E-state index in [0.29, 0.717) is 19.3 Å². The molecule has 0 aliphatic carbocycles. The minimum Gasteiger partial charge on any atom is -0.453 e. The van der Waals surface area contributed by atoms with Crippen LogP contribution in [0.4, 0.5) is 0 Å². The van der Waals surface area contributed by atoms with Gasteiger partial charge in [0, 0.05) is 18.6 Å². The van der Waals surface area contributed by atoms with Gasteiger partial charge in [0.05, 0.1) is 18.8 Å². The molecule has 1 aromatic heterocycles. The highest BCUT2D eigenvalue weighted by atomic mass is 79.9. The van der Waals surface area contributed by atoms with Crippen molar-refractivity contribution in [1.82, 2.24) is 4.90 Å². The number of halogens is 1. The number of nitrogens with zero attached hydrogens (tertiary/aromatic N) is 1. The van der Waals surface area contributed by atoms with E-state index in [1.807, 2.05) is 19.1 Å². The molecule has 2 aliphatic rings. The van der Waals surface area contributed by atoms with Gasteiger partial charge in [-0.3, -0.25) is 4.90 Å². The number of hydrogen-bond donors (Lipinski definition) is 1. The monoisotopic (exact) mass is 343 g/mol. The zero-order chi connectivity index (χ0) is 14.2. The minimum absolute atomic E-state index is 0.192. The summed E-state index contributed by atoms with van der Waals surface area (Å²) < 4.78 is 12.0. The van der Waals surface area contributed by atoms with Crippen LogP contribution in [0.1, 0.15) is 31.9 Å². The molecule has 0 amide bonds. The van der Waals surface area contributed by atoms with Gasteiger partial charge < -0.3 is 14.3 Å². The molecule has 5 heteroatoms. The van der Waals surface area contributed by atoms with E-state index in [9.17, 15) is 5.11 Å². The first-order chi connectivity index (χ1) is 9.56. The summed E-state index contributed by atoms with van der Waals surface area (Å²) in [6.07, 6.45) is 3.04. The highest BCUT2D eigenvalue weighted by molar-refractivity contribution is 9.10.